The van der Waals surface area contributed by atoms with Gasteiger partial charge in [-0.2, -0.15) is 0 Å². The molecular formula is C53H86N4O22S4. The van der Waals surface area contributed by atoms with Crippen LogP contribution >= 0.6 is 47.0 Å². The molecule has 26 nitrogen and oxygen atoms in total. The molecule has 1 aliphatic heterocycles. The Hall–Kier alpha value is -6.18. The van der Waals surface area contributed by atoms with Gasteiger partial charge in [-0.25, -0.2) is 29.2 Å². The first-order chi connectivity index (χ1) is 38.8. The van der Waals surface area contributed by atoms with Gasteiger partial charge >= 0.3 is 35.9 Å². The number of amides is 4. The minimum atomic E-state index is -0.880. The van der Waals surface area contributed by atoms with Crippen LogP contribution < -0.4 is 0 Å². The van der Waals surface area contributed by atoms with E-state index >= 15 is 0 Å². The number of methoxy groups -OCH3 is 3. The number of nitrogens with zero attached hydrogens (tertiary/aromatic N) is 4. The molecule has 1 rings (SSSR count). The summed E-state index contributed by atoms with van der Waals surface area (Å²) in [6, 6.07) is -1.22. The van der Waals surface area contributed by atoms with Crippen molar-refractivity contribution >= 4 is 129 Å². The zero-order chi connectivity index (χ0) is 62.1. The lowest BCUT2D eigenvalue weighted by atomic mass is 10.2. The highest BCUT2D eigenvalue weighted by Gasteiger charge is 2.41. The fraction of sp³-hybridized carbons (Fsp3) is 0.585. The Balaban J connectivity index is -0.000000574. The summed E-state index contributed by atoms with van der Waals surface area (Å²) in [6.45, 7) is 15.3. The number of hydrazine groups is 1. The van der Waals surface area contributed by atoms with Crippen LogP contribution in [0.2, 0.25) is 0 Å². The largest absolute Gasteiger partial charge is 0.483 e. The molecule has 1 heterocycles. The zero-order valence-electron chi connectivity index (χ0n) is 46.4. The highest BCUT2D eigenvalue weighted by molar-refractivity contribution is 8.14. The van der Waals surface area contributed by atoms with E-state index in [-0.39, 0.29) is 169 Å². The summed E-state index contributed by atoms with van der Waals surface area (Å²) in [6.07, 6.45) is 6.22. The fourth-order valence-corrected chi connectivity index (χ4v) is 8.44. The summed E-state index contributed by atoms with van der Waals surface area (Å²) in [7, 11) is 4.47. The van der Waals surface area contributed by atoms with E-state index in [4.69, 9.17) is 43.2 Å². The van der Waals surface area contributed by atoms with Gasteiger partial charge in [0.1, 0.15) is 44.8 Å². The first-order valence-electron chi connectivity index (χ1n) is 24.6. The van der Waals surface area contributed by atoms with Gasteiger partial charge in [0, 0.05) is 102 Å². The van der Waals surface area contributed by atoms with E-state index in [0.29, 0.717) is 44.9 Å². The third-order valence-corrected chi connectivity index (χ3v) is 12.8. The van der Waals surface area contributed by atoms with E-state index in [2.05, 4.69) is 35.8 Å². The Labute approximate surface area is 504 Å². The Morgan fingerprint density at radius 1 is 0.494 bits per heavy atom. The first kappa shape index (κ1) is 88.1. The molecule has 1 atom stereocenters. The van der Waals surface area contributed by atoms with Crippen molar-refractivity contribution in [3.05, 3.63) is 50.6 Å². The average molecular weight is 1260 g/mol. The smallest absolute Gasteiger partial charge is 0.340 e. The van der Waals surface area contributed by atoms with Gasteiger partial charge in [0.2, 0.25) is 0 Å². The van der Waals surface area contributed by atoms with Crippen LogP contribution in [-0.2, 0) is 90.7 Å². The van der Waals surface area contributed by atoms with Crippen LogP contribution in [-0.4, -0.2) is 230 Å². The second-order valence-electron chi connectivity index (χ2n) is 14.9. The number of aldehydes is 3. The second-order valence-corrected chi connectivity index (χ2v) is 19.5. The number of carboxylic acid groups (broad SMARTS) is 1. The minimum Gasteiger partial charge on any atom is -0.483 e. The van der Waals surface area contributed by atoms with Crippen LogP contribution in [0.5, 0.6) is 0 Å². The highest BCUT2D eigenvalue weighted by Crippen LogP contribution is 2.24. The molecule has 1 aliphatic rings. The third-order valence-electron chi connectivity index (χ3n) is 9.16. The van der Waals surface area contributed by atoms with E-state index in [1.807, 2.05) is 0 Å². The van der Waals surface area contributed by atoms with Gasteiger partial charge in [0.05, 0.1) is 52.4 Å². The summed E-state index contributed by atoms with van der Waals surface area (Å²) in [5, 5.41) is 8.19. The number of thioether (sulfide) groups is 4. The normalized spacial score (nSPS) is 11.9. The number of urea groups is 2. The lowest BCUT2D eigenvalue weighted by molar-refractivity contribution is -0.146. The highest BCUT2D eigenvalue weighted by atomic mass is 32.2. The van der Waals surface area contributed by atoms with Crippen molar-refractivity contribution < 1.29 is 105 Å². The maximum atomic E-state index is 14.4. The number of carbonyl (C=O) groups excluding carboxylic acids is 13. The van der Waals surface area contributed by atoms with E-state index in [1.54, 1.807) is 14.0 Å². The minimum absolute atomic E-state index is 0. The Morgan fingerprint density at radius 3 is 1.16 bits per heavy atom. The summed E-state index contributed by atoms with van der Waals surface area (Å²) < 4.78 is 33.8. The zero-order valence-corrected chi connectivity index (χ0v) is 49.7. The van der Waals surface area contributed by atoms with Crippen LogP contribution in [0.4, 0.5) is 9.59 Å². The molecule has 4 amide bonds. The van der Waals surface area contributed by atoms with E-state index < -0.39 is 42.1 Å². The number of esters is 4. The van der Waals surface area contributed by atoms with Gasteiger partial charge in [-0.1, -0.05) is 88.2 Å². The van der Waals surface area contributed by atoms with Crippen molar-refractivity contribution in [1.29, 1.82) is 0 Å². The summed E-state index contributed by atoms with van der Waals surface area (Å²) in [5.41, 5.74) is 0. The maximum Gasteiger partial charge on any atom is 0.340 e. The van der Waals surface area contributed by atoms with Crippen molar-refractivity contribution in [2.45, 2.75) is 85.7 Å². The Kier molecular flexibility index (Phi) is 67.3. The van der Waals surface area contributed by atoms with Gasteiger partial charge in [-0.3, -0.25) is 43.2 Å². The van der Waals surface area contributed by atoms with Crippen molar-refractivity contribution in [2.24, 2.45) is 0 Å². The van der Waals surface area contributed by atoms with Crippen molar-refractivity contribution in [1.82, 2.24) is 19.8 Å². The molecule has 0 aliphatic carbocycles. The van der Waals surface area contributed by atoms with E-state index in [0.717, 1.165) is 59.2 Å². The van der Waals surface area contributed by atoms with Crippen LogP contribution in [0.25, 0.3) is 0 Å². The van der Waals surface area contributed by atoms with Crippen molar-refractivity contribution in [3.8, 4) is 0 Å². The number of ether oxygens (including phenoxy) is 7. The van der Waals surface area contributed by atoms with Gasteiger partial charge < -0.3 is 52.9 Å². The molecular weight excluding hydrogens is 1170 g/mol. The summed E-state index contributed by atoms with van der Waals surface area (Å²) in [4.78, 5) is 165. The van der Waals surface area contributed by atoms with Crippen LogP contribution in [0.15, 0.2) is 50.6 Å². The quantitative estimate of drug-likeness (QED) is 0.0256. The standard InChI is InChI=1S/C38H58N4O15S4.C6H10O3.2C3H4O.CH2O2.2CH4/c1-5-30(44)55-20-7-6-9-33(47)58-25-15-39-29(2)40(16-26-59-35(49)13-11-31(45)56-23-21-53-3)38(52)42(41(37(39)51)17-27-60-34(48)10-8-19-43)18-28-61-36(50)14-12-32(46)57-24-22-54-4;1-3-6(7)9-5-4-8-2;2*1-2-3-4;2-1-3;;/h5,19,29H,1,6-18,20-28H2,2-4H3;3H,1,4-5H2,2H3;2*2-3H,1H2;1H,(H,2,3);2*1H4. The van der Waals surface area contributed by atoms with Gasteiger partial charge in [0.15, 0.2) is 20.5 Å². The van der Waals surface area contributed by atoms with Gasteiger partial charge in [-0.05, 0) is 31.9 Å². The number of hydrogen-bond donors (Lipinski definition) is 1. The molecule has 30 heteroatoms. The van der Waals surface area contributed by atoms with Crippen LogP contribution in [0.3, 0.4) is 0 Å². The lowest BCUT2D eigenvalue weighted by Gasteiger charge is -2.34. The van der Waals surface area contributed by atoms with Crippen LogP contribution in [0.1, 0.15) is 79.6 Å². The molecule has 1 fully saturated rings. The SMILES string of the molecule is C.C.C=CC(=O)OCCCCC(=O)SCCN1C(=O)N(CCSC(=O)CCC=O)N(CCSC(=O)CCC(=O)OCCOC)C(=O)N(CCSC(=O)CCC(=O)OCCOC)C1C.C=CC(=O)OCCOC.C=CC=O.C=CC=O.O=CO. The number of hydrogen-bond acceptors (Lipinski definition) is 25. The molecule has 0 aromatic heterocycles. The predicted octanol–water partition coefficient (Wildman–Crippen LogP) is 5.64. The molecule has 1 N–H and O–H groups in total. The number of carbonyl (C=O) groups is 14. The molecule has 1 saturated heterocycles. The summed E-state index contributed by atoms with van der Waals surface area (Å²) >= 11 is 3.68. The molecule has 474 valence electrons. The predicted molar refractivity (Wildman–Crippen MR) is 319 cm³/mol. The first-order valence-corrected chi connectivity index (χ1v) is 28.6. The fourth-order valence-electron chi connectivity index (χ4n) is 5.38. The molecule has 1 unspecified atom stereocenters. The molecule has 0 aromatic carbocycles. The Morgan fingerprint density at radius 2 is 0.819 bits per heavy atom. The van der Waals surface area contributed by atoms with Gasteiger partial charge in [-0.15, -0.1) is 0 Å². The van der Waals surface area contributed by atoms with E-state index in [9.17, 15) is 52.7 Å². The number of allylic oxidation sites excluding steroid dienone is 2. The second kappa shape index (κ2) is 63.4. The monoisotopic (exact) mass is 1260 g/mol. The Bertz CT molecular complexity index is 1930. The van der Waals surface area contributed by atoms with Gasteiger partial charge in [0.25, 0.3) is 6.47 Å². The van der Waals surface area contributed by atoms with Crippen molar-refractivity contribution in [3.63, 3.8) is 0 Å². The lowest BCUT2D eigenvalue weighted by Crippen LogP contribution is -2.54. The average Bonchev–Trinajstić information content (AvgIpc) is 3.65. The molecule has 0 bridgehead atoms. The third kappa shape index (κ3) is 52.4. The molecule has 0 saturated carbocycles. The molecule has 0 spiro atoms. The molecule has 83 heavy (non-hydrogen) atoms. The topological polar surface area (TPSA) is 337 Å². The molecule has 0 aromatic rings. The summed E-state index contributed by atoms with van der Waals surface area (Å²) in [5.74, 6) is -1.71. The molecule has 0 radical (unpaired) electrons. The number of rotatable bonds is 39. The van der Waals surface area contributed by atoms with Crippen molar-refractivity contribution in [2.75, 3.05) is 117 Å². The number of unbranched alkanes of at least 4 members (excludes halogenated alkanes) is 1. The van der Waals surface area contributed by atoms with E-state index in [1.165, 1.54) is 46.2 Å². The van der Waals surface area contributed by atoms with Crippen LogP contribution in [0, 0.1) is 0 Å². The maximum absolute atomic E-state index is 14.4.